The average Bonchev–Trinajstić information content (AvgIpc) is 2.75. The van der Waals surface area contributed by atoms with Gasteiger partial charge in [-0.05, 0) is 6.07 Å². The highest BCUT2D eigenvalue weighted by Crippen LogP contribution is 2.28. The van der Waals surface area contributed by atoms with Crippen LogP contribution in [0, 0.1) is 6.26 Å². The Kier molecular flexibility index (Phi) is 1.63. The summed E-state index contributed by atoms with van der Waals surface area (Å²) >= 11 is 0. The summed E-state index contributed by atoms with van der Waals surface area (Å²) in [4.78, 5) is 0. The fourth-order valence-electron chi connectivity index (χ4n) is 1.04. The zero-order valence-corrected chi connectivity index (χ0v) is 6.28. The first kappa shape index (κ1) is 7.03. The standard InChI is InChI=1S/C9H7O3/c10-4-9-3-8(6-12-9)7-1-2-11-5-7/h1-2,4-5,10H,3H2. The summed E-state index contributed by atoms with van der Waals surface area (Å²) in [5.74, 6) is 0.506. The number of allylic oxidation sites excluding steroid dienone is 1. The maximum Gasteiger partial charge on any atom is 0.174 e. The average molecular weight is 163 g/mol. The predicted molar refractivity (Wildman–Crippen MR) is 41.8 cm³/mol. The van der Waals surface area contributed by atoms with E-state index >= 15 is 0 Å². The second kappa shape index (κ2) is 2.77. The van der Waals surface area contributed by atoms with Crippen molar-refractivity contribution in [2.45, 2.75) is 6.42 Å². The first-order valence-electron chi connectivity index (χ1n) is 3.54. The zero-order valence-electron chi connectivity index (χ0n) is 6.28. The highest BCUT2D eigenvalue weighted by atomic mass is 16.5. The molecular formula is C9H7O3. The molecule has 1 radical (unpaired) electrons. The van der Waals surface area contributed by atoms with Crippen molar-refractivity contribution >= 4 is 5.57 Å². The van der Waals surface area contributed by atoms with Crippen LogP contribution < -0.4 is 0 Å². The lowest BCUT2D eigenvalue weighted by Gasteiger charge is -1.91. The monoisotopic (exact) mass is 163 g/mol. The van der Waals surface area contributed by atoms with E-state index in [0.29, 0.717) is 12.2 Å². The molecule has 0 bridgehead atoms. The molecule has 0 saturated heterocycles. The Hall–Kier alpha value is -1.64. The third kappa shape index (κ3) is 1.09. The van der Waals surface area contributed by atoms with Gasteiger partial charge in [-0.1, -0.05) is 0 Å². The molecule has 61 valence electrons. The van der Waals surface area contributed by atoms with Crippen LogP contribution in [0.25, 0.3) is 5.57 Å². The lowest BCUT2D eigenvalue weighted by molar-refractivity contribution is 0.315. The van der Waals surface area contributed by atoms with Gasteiger partial charge in [0.15, 0.2) is 6.26 Å². The van der Waals surface area contributed by atoms with E-state index in [4.69, 9.17) is 14.3 Å². The molecule has 0 atom stereocenters. The molecular weight excluding hydrogens is 156 g/mol. The van der Waals surface area contributed by atoms with Gasteiger partial charge in [-0.3, -0.25) is 0 Å². The minimum atomic E-state index is 0.506. The molecule has 3 nitrogen and oxygen atoms in total. The van der Waals surface area contributed by atoms with Crippen molar-refractivity contribution in [2.75, 3.05) is 0 Å². The van der Waals surface area contributed by atoms with Crippen LogP contribution in [0.2, 0.25) is 0 Å². The van der Waals surface area contributed by atoms with Gasteiger partial charge in [-0.15, -0.1) is 0 Å². The van der Waals surface area contributed by atoms with Crippen LogP contribution in [0.4, 0.5) is 0 Å². The fourth-order valence-corrected chi connectivity index (χ4v) is 1.04. The molecule has 1 N–H and O–H groups in total. The van der Waals surface area contributed by atoms with Crippen LogP contribution in [0.3, 0.4) is 0 Å². The van der Waals surface area contributed by atoms with Gasteiger partial charge in [0.1, 0.15) is 12.0 Å². The highest BCUT2D eigenvalue weighted by molar-refractivity contribution is 5.65. The molecule has 1 aromatic rings. The molecule has 12 heavy (non-hydrogen) atoms. The van der Waals surface area contributed by atoms with E-state index in [2.05, 4.69) is 6.26 Å². The molecule has 0 unspecified atom stereocenters. The Morgan fingerprint density at radius 3 is 3.08 bits per heavy atom. The van der Waals surface area contributed by atoms with E-state index in [1.165, 1.54) is 0 Å². The Morgan fingerprint density at radius 1 is 1.58 bits per heavy atom. The number of ether oxygens (including phenoxy) is 1. The van der Waals surface area contributed by atoms with Crippen LogP contribution in [0.5, 0.6) is 0 Å². The molecule has 2 heterocycles. The summed E-state index contributed by atoms with van der Waals surface area (Å²) in [5.41, 5.74) is 1.83. The zero-order chi connectivity index (χ0) is 8.39. The van der Waals surface area contributed by atoms with E-state index in [1.54, 1.807) is 12.5 Å². The van der Waals surface area contributed by atoms with Gasteiger partial charge in [0.25, 0.3) is 0 Å². The number of furan rings is 1. The summed E-state index contributed by atoms with van der Waals surface area (Å²) in [5, 5.41) is 8.62. The molecule has 0 saturated carbocycles. The maximum absolute atomic E-state index is 8.62. The van der Waals surface area contributed by atoms with E-state index in [0.717, 1.165) is 17.4 Å². The first-order valence-corrected chi connectivity index (χ1v) is 3.54. The summed E-state index contributed by atoms with van der Waals surface area (Å²) in [6.07, 6.45) is 7.40. The topological polar surface area (TPSA) is 42.6 Å². The SMILES string of the molecule is OC=C1CC(c2ccoc2)=[C]O1. The quantitative estimate of drug-likeness (QED) is 0.645. The van der Waals surface area contributed by atoms with Crippen LogP contribution in [-0.2, 0) is 4.74 Å². The number of hydrogen-bond acceptors (Lipinski definition) is 3. The van der Waals surface area contributed by atoms with Crippen LogP contribution in [-0.4, -0.2) is 5.11 Å². The minimum absolute atomic E-state index is 0.506. The number of hydrogen-bond donors (Lipinski definition) is 1. The van der Waals surface area contributed by atoms with Crippen molar-refractivity contribution < 1.29 is 14.3 Å². The van der Waals surface area contributed by atoms with Crippen molar-refractivity contribution in [1.82, 2.24) is 0 Å². The molecule has 3 heteroatoms. The molecule has 2 rings (SSSR count). The van der Waals surface area contributed by atoms with Crippen LogP contribution in [0.1, 0.15) is 12.0 Å². The van der Waals surface area contributed by atoms with E-state index in [9.17, 15) is 0 Å². The Labute approximate surface area is 69.6 Å². The normalized spacial score (nSPS) is 19.3. The van der Waals surface area contributed by atoms with Crippen molar-refractivity contribution in [1.29, 1.82) is 0 Å². The number of rotatable bonds is 1. The summed E-state index contributed by atoms with van der Waals surface area (Å²) in [6, 6.07) is 1.83. The largest absolute Gasteiger partial charge is 0.512 e. The Bertz CT molecular complexity index is 320. The Balaban J connectivity index is 2.19. The van der Waals surface area contributed by atoms with Crippen LogP contribution in [0.15, 0.2) is 35.0 Å². The molecule has 1 aliphatic heterocycles. The van der Waals surface area contributed by atoms with Crippen molar-refractivity contribution in [2.24, 2.45) is 0 Å². The smallest absolute Gasteiger partial charge is 0.174 e. The molecule has 0 aromatic carbocycles. The summed E-state index contributed by atoms with van der Waals surface area (Å²) in [7, 11) is 0. The fraction of sp³-hybridized carbons (Fsp3) is 0.111. The van der Waals surface area contributed by atoms with Crippen LogP contribution >= 0.6 is 0 Å². The van der Waals surface area contributed by atoms with Gasteiger partial charge >= 0.3 is 0 Å². The summed E-state index contributed by atoms with van der Waals surface area (Å²) < 4.78 is 9.82. The number of aliphatic hydroxyl groups excluding tert-OH is 1. The first-order chi connectivity index (χ1) is 5.90. The van der Waals surface area contributed by atoms with E-state index in [1.807, 2.05) is 6.07 Å². The van der Waals surface area contributed by atoms with Crippen molar-refractivity contribution in [3.63, 3.8) is 0 Å². The van der Waals surface area contributed by atoms with E-state index in [-0.39, 0.29) is 0 Å². The molecule has 1 aromatic heterocycles. The minimum Gasteiger partial charge on any atom is -0.512 e. The van der Waals surface area contributed by atoms with E-state index < -0.39 is 0 Å². The van der Waals surface area contributed by atoms with Gasteiger partial charge in [0.2, 0.25) is 0 Å². The van der Waals surface area contributed by atoms with Gasteiger partial charge in [-0.2, -0.15) is 0 Å². The third-order valence-corrected chi connectivity index (χ3v) is 1.67. The summed E-state index contributed by atoms with van der Waals surface area (Å²) in [6.45, 7) is 0. The molecule has 1 aliphatic rings. The molecule has 0 spiro atoms. The molecule has 0 fully saturated rings. The van der Waals surface area contributed by atoms with Gasteiger partial charge in [0.05, 0.1) is 12.5 Å². The second-order valence-corrected chi connectivity index (χ2v) is 2.47. The molecule has 0 aliphatic carbocycles. The predicted octanol–water partition coefficient (Wildman–Crippen LogP) is 2.24. The Morgan fingerprint density at radius 2 is 2.50 bits per heavy atom. The van der Waals surface area contributed by atoms with Crippen molar-refractivity contribution in [3.05, 3.63) is 42.4 Å². The highest BCUT2D eigenvalue weighted by Gasteiger charge is 2.15. The van der Waals surface area contributed by atoms with Gasteiger partial charge in [-0.25, -0.2) is 0 Å². The second-order valence-electron chi connectivity index (χ2n) is 2.47. The van der Waals surface area contributed by atoms with Crippen molar-refractivity contribution in [3.8, 4) is 0 Å². The maximum atomic E-state index is 8.62. The number of aliphatic hydroxyl groups is 1. The lowest BCUT2D eigenvalue weighted by atomic mass is 10.1. The van der Waals surface area contributed by atoms with Gasteiger partial charge < -0.3 is 14.3 Å². The van der Waals surface area contributed by atoms with Gasteiger partial charge in [0, 0.05) is 17.6 Å². The lowest BCUT2D eigenvalue weighted by Crippen LogP contribution is -1.78. The third-order valence-electron chi connectivity index (χ3n) is 1.67. The molecule has 0 amide bonds.